The number of carbonyl (C=O) groups excluding carboxylic acids is 1. The van der Waals surface area contributed by atoms with Gasteiger partial charge >= 0.3 is 11.9 Å². The number of carboxylic acids is 1. The van der Waals surface area contributed by atoms with Gasteiger partial charge in [0.25, 0.3) is 0 Å². The van der Waals surface area contributed by atoms with Gasteiger partial charge in [0.2, 0.25) is 6.29 Å². The maximum Gasteiger partial charge on any atom is 0.334 e. The minimum absolute atomic E-state index is 0.0199. The van der Waals surface area contributed by atoms with E-state index < -0.39 is 73.0 Å². The third kappa shape index (κ3) is 5.62. The van der Waals surface area contributed by atoms with Crippen LogP contribution in [0.15, 0.2) is 36.1 Å². The average Bonchev–Trinajstić information content (AvgIpc) is 3.19. The molecule has 0 amide bonds. The van der Waals surface area contributed by atoms with Crippen molar-refractivity contribution < 1.29 is 64.3 Å². The van der Waals surface area contributed by atoms with Gasteiger partial charge < -0.3 is 54.7 Å². The molecular weight excluding hydrogens is 508 g/mol. The van der Waals surface area contributed by atoms with Crippen LogP contribution in [0.3, 0.4) is 0 Å². The third-order valence-corrected chi connectivity index (χ3v) is 7.12. The Hall–Kier alpha value is -3.20. The Morgan fingerprint density at radius 3 is 2.53 bits per heavy atom. The normalized spacial score (nSPS) is 36.8. The molecule has 1 saturated heterocycles. The van der Waals surface area contributed by atoms with Crippen LogP contribution >= 0.6 is 0 Å². The predicted molar refractivity (Wildman–Crippen MR) is 125 cm³/mol. The minimum atomic E-state index is -1.75. The Morgan fingerprint density at radius 2 is 1.84 bits per heavy atom. The van der Waals surface area contributed by atoms with Crippen molar-refractivity contribution in [3.63, 3.8) is 0 Å². The molecule has 0 radical (unpaired) electrons. The van der Waals surface area contributed by atoms with Gasteiger partial charge in [-0.25, -0.2) is 9.59 Å². The molecule has 0 bridgehead atoms. The first kappa shape index (κ1) is 27.8. The van der Waals surface area contributed by atoms with Crippen LogP contribution in [-0.2, 0) is 28.5 Å². The summed E-state index contributed by atoms with van der Waals surface area (Å²) in [5, 5.41) is 70.3. The summed E-state index contributed by atoms with van der Waals surface area (Å²) < 4.78 is 21.8. The lowest BCUT2D eigenvalue weighted by Crippen LogP contribution is -2.61. The molecule has 1 aromatic carbocycles. The van der Waals surface area contributed by atoms with Gasteiger partial charge in [0.1, 0.15) is 31.0 Å². The van der Waals surface area contributed by atoms with Crippen LogP contribution < -0.4 is 0 Å². The van der Waals surface area contributed by atoms with E-state index in [9.17, 15) is 45.3 Å². The molecule has 13 heteroatoms. The van der Waals surface area contributed by atoms with E-state index in [1.807, 2.05) is 0 Å². The lowest BCUT2D eigenvalue weighted by Gasteiger charge is -2.44. The van der Waals surface area contributed by atoms with E-state index in [4.69, 9.17) is 18.9 Å². The number of aromatic hydroxyl groups is 2. The number of rotatable bonds is 7. The molecule has 9 unspecified atom stereocenters. The standard InChI is InChI=1S/C25H30O13/c1-25(34)7-6-12-13(22(32)33)9-36-23(18(12)25)38-24-21(31)20(30)19(29)16(37-24)10-35-17(28)5-3-11-2-4-14(26)15(27)8-11/h2-5,8-9,12,16,18-21,23-24,26-27,29-31,34H,6-7,10H2,1H3,(H,32,33). The highest BCUT2D eigenvalue weighted by Crippen LogP contribution is 2.49. The maximum absolute atomic E-state index is 12.1. The van der Waals surface area contributed by atoms with Gasteiger partial charge in [-0.15, -0.1) is 0 Å². The number of aliphatic carboxylic acids is 1. The number of carboxylic acid groups (broad SMARTS) is 1. The molecule has 7 N–H and O–H groups in total. The molecule has 0 spiro atoms. The van der Waals surface area contributed by atoms with Gasteiger partial charge in [-0.05, 0) is 43.5 Å². The highest BCUT2D eigenvalue weighted by atomic mass is 16.8. The van der Waals surface area contributed by atoms with Crippen molar-refractivity contribution in [1.29, 1.82) is 0 Å². The molecule has 2 aliphatic heterocycles. The highest BCUT2D eigenvalue weighted by Gasteiger charge is 2.56. The zero-order valence-electron chi connectivity index (χ0n) is 20.3. The second-order valence-corrected chi connectivity index (χ2v) is 9.77. The van der Waals surface area contributed by atoms with Gasteiger partial charge in [0, 0.05) is 12.0 Å². The zero-order valence-corrected chi connectivity index (χ0v) is 20.3. The number of aliphatic hydroxyl groups excluding tert-OH is 3. The zero-order chi connectivity index (χ0) is 27.8. The fourth-order valence-electron chi connectivity index (χ4n) is 5.02. The SMILES string of the molecule is CC1(O)CCC2C(C(=O)O)=COC(OC3OC(COC(=O)C=Cc4ccc(O)c(O)c4)C(O)C(O)C3O)C21. The number of phenolic OH excluding ortho intramolecular Hbond substituents is 2. The van der Waals surface area contributed by atoms with Crippen molar-refractivity contribution in [2.24, 2.45) is 11.8 Å². The fourth-order valence-corrected chi connectivity index (χ4v) is 5.02. The van der Waals surface area contributed by atoms with Crippen molar-refractivity contribution >= 4 is 18.0 Å². The molecule has 2 fully saturated rings. The Labute approximate surface area is 216 Å². The van der Waals surface area contributed by atoms with Crippen LogP contribution in [-0.4, -0.2) is 96.9 Å². The summed E-state index contributed by atoms with van der Waals surface area (Å²) >= 11 is 0. The van der Waals surface area contributed by atoms with E-state index in [0.717, 1.165) is 12.3 Å². The van der Waals surface area contributed by atoms with Gasteiger partial charge in [0.05, 0.1) is 23.4 Å². The van der Waals surface area contributed by atoms with Crippen LogP contribution in [0.2, 0.25) is 0 Å². The summed E-state index contributed by atoms with van der Waals surface area (Å²) in [5.41, 5.74) is -0.974. The van der Waals surface area contributed by atoms with Crippen molar-refractivity contribution in [3.8, 4) is 11.5 Å². The fraction of sp³-hybridized carbons (Fsp3) is 0.520. The first-order chi connectivity index (χ1) is 17.9. The summed E-state index contributed by atoms with van der Waals surface area (Å²) in [6, 6.07) is 3.91. The molecule has 1 aromatic rings. The largest absolute Gasteiger partial charge is 0.504 e. The van der Waals surface area contributed by atoms with Crippen molar-refractivity contribution in [3.05, 3.63) is 41.7 Å². The summed E-state index contributed by atoms with van der Waals surface area (Å²) in [7, 11) is 0. The summed E-state index contributed by atoms with van der Waals surface area (Å²) in [6.45, 7) is 0.987. The number of esters is 1. The van der Waals surface area contributed by atoms with Crippen molar-refractivity contribution in [2.45, 2.75) is 62.4 Å². The van der Waals surface area contributed by atoms with Gasteiger partial charge in [0.15, 0.2) is 17.8 Å². The molecule has 4 rings (SSSR count). The number of phenols is 2. The van der Waals surface area contributed by atoms with E-state index in [0.29, 0.717) is 12.0 Å². The van der Waals surface area contributed by atoms with E-state index in [1.165, 1.54) is 31.2 Å². The van der Waals surface area contributed by atoms with Crippen LogP contribution in [0.5, 0.6) is 11.5 Å². The maximum atomic E-state index is 12.1. The quantitative estimate of drug-likeness (QED) is 0.134. The number of aliphatic hydroxyl groups is 4. The van der Waals surface area contributed by atoms with Crippen LogP contribution in [0.25, 0.3) is 6.08 Å². The minimum Gasteiger partial charge on any atom is -0.504 e. The monoisotopic (exact) mass is 538 g/mol. The summed E-state index contributed by atoms with van der Waals surface area (Å²) in [6.07, 6.45) is -5.26. The molecule has 1 aliphatic carbocycles. The van der Waals surface area contributed by atoms with Crippen LogP contribution in [0.1, 0.15) is 25.3 Å². The second-order valence-electron chi connectivity index (χ2n) is 9.77. The molecule has 13 nitrogen and oxygen atoms in total. The Balaban J connectivity index is 1.41. The Kier molecular flexibility index (Phi) is 7.97. The summed E-state index contributed by atoms with van der Waals surface area (Å²) in [5.74, 6) is -4.15. The van der Waals surface area contributed by atoms with Gasteiger partial charge in [-0.2, -0.15) is 0 Å². The molecule has 0 aromatic heterocycles. The summed E-state index contributed by atoms with van der Waals surface area (Å²) in [4.78, 5) is 23.7. The number of benzene rings is 1. The average molecular weight is 539 g/mol. The molecule has 2 heterocycles. The number of fused-ring (bicyclic) bond motifs is 1. The lowest BCUT2D eigenvalue weighted by molar-refractivity contribution is -0.346. The topological polar surface area (TPSA) is 213 Å². The van der Waals surface area contributed by atoms with Crippen LogP contribution in [0, 0.1) is 11.8 Å². The van der Waals surface area contributed by atoms with Gasteiger partial charge in [-0.1, -0.05) is 6.07 Å². The van der Waals surface area contributed by atoms with Crippen LogP contribution in [0.4, 0.5) is 0 Å². The number of hydrogen-bond donors (Lipinski definition) is 7. The Morgan fingerprint density at radius 1 is 1.11 bits per heavy atom. The van der Waals surface area contributed by atoms with E-state index in [1.54, 1.807) is 0 Å². The van der Waals surface area contributed by atoms with E-state index in [-0.39, 0.29) is 23.5 Å². The molecule has 38 heavy (non-hydrogen) atoms. The third-order valence-electron chi connectivity index (χ3n) is 7.12. The first-order valence-electron chi connectivity index (χ1n) is 11.9. The molecule has 1 saturated carbocycles. The molecule has 9 atom stereocenters. The highest BCUT2D eigenvalue weighted by molar-refractivity contribution is 5.87. The van der Waals surface area contributed by atoms with Crippen molar-refractivity contribution in [1.82, 2.24) is 0 Å². The first-order valence-corrected chi connectivity index (χ1v) is 11.9. The van der Waals surface area contributed by atoms with Gasteiger partial charge in [-0.3, -0.25) is 0 Å². The van der Waals surface area contributed by atoms with Crippen molar-refractivity contribution in [2.75, 3.05) is 6.61 Å². The second kappa shape index (κ2) is 10.9. The Bertz CT molecular complexity index is 1110. The van der Waals surface area contributed by atoms with E-state index in [2.05, 4.69) is 0 Å². The number of carbonyl (C=O) groups is 2. The lowest BCUT2D eigenvalue weighted by atomic mass is 9.81. The molecule has 208 valence electrons. The predicted octanol–water partition coefficient (Wildman–Crippen LogP) is -0.420. The number of hydrogen-bond acceptors (Lipinski definition) is 12. The smallest absolute Gasteiger partial charge is 0.334 e. The number of ether oxygens (including phenoxy) is 4. The van der Waals surface area contributed by atoms with E-state index >= 15 is 0 Å². The molecular formula is C25H30O13. The molecule has 3 aliphatic rings.